The molecule has 0 amide bonds. The van der Waals surface area contributed by atoms with Crippen molar-refractivity contribution < 1.29 is 4.74 Å². The first-order valence-corrected chi connectivity index (χ1v) is 6.65. The third-order valence-corrected chi connectivity index (χ3v) is 3.66. The van der Waals surface area contributed by atoms with Gasteiger partial charge in [0.25, 0.3) is 5.56 Å². The van der Waals surface area contributed by atoms with Crippen LogP contribution in [0.25, 0.3) is 10.9 Å². The largest absolute Gasteiger partial charge is 0.375 e. The Hall–Kier alpha value is -1.65. The summed E-state index contributed by atoms with van der Waals surface area (Å²) in [4.78, 5) is 12.3. The molecular formula is C15H18N2O2. The van der Waals surface area contributed by atoms with Crippen LogP contribution < -0.4 is 10.9 Å². The number of benzene rings is 1. The molecule has 3 rings (SSSR count). The summed E-state index contributed by atoms with van der Waals surface area (Å²) in [6.45, 7) is 2.43. The van der Waals surface area contributed by atoms with Gasteiger partial charge in [0.2, 0.25) is 0 Å². The van der Waals surface area contributed by atoms with Crippen molar-refractivity contribution in [3.63, 3.8) is 0 Å². The second kappa shape index (κ2) is 5.15. The average Bonchev–Trinajstić information content (AvgIpc) is 2.46. The summed E-state index contributed by atoms with van der Waals surface area (Å²) in [5, 5.41) is 4.39. The Balaban J connectivity index is 1.99. The standard InChI is InChI=1S/C15H18N2O2/c1-17-14-5-3-2-4-11(14)8-12(15(17)18)9-13-10-16-6-7-19-13/h2-5,8,13,16H,6-7,9-10H2,1H3. The summed E-state index contributed by atoms with van der Waals surface area (Å²) in [5.74, 6) is 0. The van der Waals surface area contributed by atoms with E-state index in [2.05, 4.69) is 5.32 Å². The third-order valence-electron chi connectivity index (χ3n) is 3.66. The zero-order valence-electron chi connectivity index (χ0n) is 11.1. The summed E-state index contributed by atoms with van der Waals surface area (Å²) in [6.07, 6.45) is 0.771. The van der Waals surface area contributed by atoms with Gasteiger partial charge in [-0.15, -0.1) is 0 Å². The highest BCUT2D eigenvalue weighted by Gasteiger charge is 2.16. The Kier molecular flexibility index (Phi) is 3.36. The topological polar surface area (TPSA) is 43.3 Å². The predicted molar refractivity (Wildman–Crippen MR) is 75.5 cm³/mol. The number of nitrogens with one attached hydrogen (secondary N) is 1. The van der Waals surface area contributed by atoms with Crippen molar-refractivity contribution in [1.29, 1.82) is 0 Å². The monoisotopic (exact) mass is 258 g/mol. The number of para-hydroxylation sites is 1. The molecule has 1 aromatic heterocycles. The lowest BCUT2D eigenvalue weighted by Gasteiger charge is -2.23. The molecule has 0 aliphatic carbocycles. The smallest absolute Gasteiger partial charge is 0.254 e. The van der Waals surface area contributed by atoms with Crippen LogP contribution in [0.3, 0.4) is 0 Å². The predicted octanol–water partition coefficient (Wildman–Crippen LogP) is 1.07. The lowest BCUT2D eigenvalue weighted by molar-refractivity contribution is 0.0290. The number of nitrogens with zero attached hydrogens (tertiary/aromatic N) is 1. The molecule has 1 fully saturated rings. The minimum Gasteiger partial charge on any atom is -0.375 e. The third kappa shape index (κ3) is 2.41. The molecule has 1 aliphatic rings. The molecule has 1 saturated heterocycles. The number of pyridine rings is 1. The van der Waals surface area contributed by atoms with Crippen molar-refractivity contribution in [2.24, 2.45) is 7.05 Å². The maximum atomic E-state index is 12.3. The van der Waals surface area contributed by atoms with Crippen LogP contribution in [0.1, 0.15) is 5.56 Å². The van der Waals surface area contributed by atoms with Crippen LogP contribution in [-0.4, -0.2) is 30.4 Å². The minimum atomic E-state index is 0.0767. The Bertz CT molecular complexity index is 642. The van der Waals surface area contributed by atoms with Crippen LogP contribution in [0.5, 0.6) is 0 Å². The highest BCUT2D eigenvalue weighted by Crippen LogP contribution is 2.14. The van der Waals surface area contributed by atoms with Crippen molar-refractivity contribution >= 4 is 10.9 Å². The van der Waals surface area contributed by atoms with Gasteiger partial charge in [-0.25, -0.2) is 0 Å². The van der Waals surface area contributed by atoms with Gasteiger partial charge in [-0.3, -0.25) is 4.79 Å². The Labute approximate surface area is 112 Å². The molecule has 0 radical (unpaired) electrons. The molecule has 0 spiro atoms. The van der Waals surface area contributed by atoms with E-state index < -0.39 is 0 Å². The molecular weight excluding hydrogens is 240 g/mol. The van der Waals surface area contributed by atoms with E-state index in [1.165, 1.54) is 0 Å². The van der Waals surface area contributed by atoms with E-state index >= 15 is 0 Å². The van der Waals surface area contributed by atoms with Gasteiger partial charge in [-0.05, 0) is 17.5 Å². The number of hydrogen-bond donors (Lipinski definition) is 1. The Morgan fingerprint density at radius 1 is 1.42 bits per heavy atom. The van der Waals surface area contributed by atoms with Crippen molar-refractivity contribution in [3.8, 4) is 0 Å². The SMILES string of the molecule is Cn1c(=O)c(CC2CNCCO2)cc2ccccc21. The van der Waals surface area contributed by atoms with Gasteiger partial charge < -0.3 is 14.6 Å². The Morgan fingerprint density at radius 3 is 3.05 bits per heavy atom. The number of ether oxygens (including phenoxy) is 1. The lowest BCUT2D eigenvalue weighted by atomic mass is 10.1. The van der Waals surface area contributed by atoms with Gasteiger partial charge >= 0.3 is 0 Å². The van der Waals surface area contributed by atoms with Crippen molar-refractivity contribution in [3.05, 3.63) is 46.2 Å². The molecule has 1 atom stereocenters. The first-order valence-electron chi connectivity index (χ1n) is 6.65. The molecule has 4 heteroatoms. The van der Waals surface area contributed by atoms with E-state index in [1.807, 2.05) is 37.4 Å². The van der Waals surface area contributed by atoms with E-state index in [0.717, 1.165) is 36.2 Å². The number of aromatic nitrogens is 1. The van der Waals surface area contributed by atoms with Gasteiger partial charge in [-0.2, -0.15) is 0 Å². The zero-order chi connectivity index (χ0) is 13.2. The number of aryl methyl sites for hydroxylation is 1. The summed E-state index contributed by atoms with van der Waals surface area (Å²) >= 11 is 0. The zero-order valence-corrected chi connectivity index (χ0v) is 11.1. The molecule has 19 heavy (non-hydrogen) atoms. The maximum Gasteiger partial charge on any atom is 0.254 e. The van der Waals surface area contributed by atoms with E-state index in [1.54, 1.807) is 4.57 Å². The number of rotatable bonds is 2. The molecule has 2 heterocycles. The van der Waals surface area contributed by atoms with Crippen LogP contribution in [0.4, 0.5) is 0 Å². The normalized spacial score (nSPS) is 19.7. The van der Waals surface area contributed by atoms with Crippen molar-refractivity contribution in [2.45, 2.75) is 12.5 Å². The molecule has 4 nitrogen and oxygen atoms in total. The van der Waals surface area contributed by atoms with Gasteiger partial charge in [0, 0.05) is 32.1 Å². The summed E-state index contributed by atoms with van der Waals surface area (Å²) in [6, 6.07) is 9.96. The fourth-order valence-corrected chi connectivity index (χ4v) is 2.63. The van der Waals surface area contributed by atoms with Gasteiger partial charge in [0.1, 0.15) is 0 Å². The molecule has 2 aromatic rings. The highest BCUT2D eigenvalue weighted by molar-refractivity contribution is 5.79. The van der Waals surface area contributed by atoms with Gasteiger partial charge in [0.05, 0.1) is 18.2 Å². The van der Waals surface area contributed by atoms with Crippen LogP contribution in [-0.2, 0) is 18.2 Å². The molecule has 100 valence electrons. The van der Waals surface area contributed by atoms with E-state index in [0.29, 0.717) is 6.42 Å². The number of morpholine rings is 1. The van der Waals surface area contributed by atoms with E-state index in [-0.39, 0.29) is 11.7 Å². The molecule has 1 unspecified atom stereocenters. The molecule has 0 bridgehead atoms. The first-order chi connectivity index (χ1) is 9.25. The fourth-order valence-electron chi connectivity index (χ4n) is 2.63. The summed E-state index contributed by atoms with van der Waals surface area (Å²) in [5.41, 5.74) is 1.88. The summed E-state index contributed by atoms with van der Waals surface area (Å²) in [7, 11) is 1.83. The molecule has 0 saturated carbocycles. The number of fused-ring (bicyclic) bond motifs is 1. The van der Waals surface area contributed by atoms with Crippen molar-refractivity contribution in [2.75, 3.05) is 19.7 Å². The fraction of sp³-hybridized carbons (Fsp3) is 0.400. The highest BCUT2D eigenvalue weighted by atomic mass is 16.5. The van der Waals surface area contributed by atoms with Crippen LogP contribution in [0.15, 0.2) is 35.1 Å². The Morgan fingerprint density at radius 2 is 2.26 bits per heavy atom. The molecule has 1 aromatic carbocycles. The maximum absolute atomic E-state index is 12.3. The first kappa shape index (κ1) is 12.4. The van der Waals surface area contributed by atoms with Gasteiger partial charge in [0.15, 0.2) is 0 Å². The van der Waals surface area contributed by atoms with Crippen molar-refractivity contribution in [1.82, 2.24) is 9.88 Å². The average molecular weight is 258 g/mol. The molecule has 1 aliphatic heterocycles. The summed E-state index contributed by atoms with van der Waals surface area (Å²) < 4.78 is 7.40. The van der Waals surface area contributed by atoms with Crippen LogP contribution >= 0.6 is 0 Å². The second-order valence-corrected chi connectivity index (χ2v) is 4.99. The van der Waals surface area contributed by atoms with E-state index in [4.69, 9.17) is 4.74 Å². The minimum absolute atomic E-state index is 0.0767. The second-order valence-electron chi connectivity index (χ2n) is 4.99. The van der Waals surface area contributed by atoms with Crippen LogP contribution in [0, 0.1) is 0 Å². The number of hydrogen-bond acceptors (Lipinski definition) is 3. The lowest BCUT2D eigenvalue weighted by Crippen LogP contribution is -2.40. The van der Waals surface area contributed by atoms with Gasteiger partial charge in [-0.1, -0.05) is 18.2 Å². The van der Waals surface area contributed by atoms with Crippen LogP contribution in [0.2, 0.25) is 0 Å². The van der Waals surface area contributed by atoms with E-state index in [9.17, 15) is 4.79 Å². The quantitative estimate of drug-likeness (QED) is 0.876. The molecule has 1 N–H and O–H groups in total.